The van der Waals surface area contributed by atoms with Gasteiger partial charge in [-0.1, -0.05) is 376 Å². The molecular weight excluding hydrogens is 1750 g/mol. The van der Waals surface area contributed by atoms with Gasteiger partial charge < -0.3 is 28.4 Å². The van der Waals surface area contributed by atoms with Crippen LogP contribution in [0.1, 0.15) is 33.4 Å². The Balaban J connectivity index is 0.000000106. The number of hydrogen-bond donors (Lipinski definition) is 0. The molecule has 3 aliphatic heterocycles. The van der Waals surface area contributed by atoms with Gasteiger partial charge in [-0.25, -0.2) is 0 Å². The zero-order valence-electron chi connectivity index (χ0n) is 79.6. The van der Waals surface area contributed by atoms with Gasteiger partial charge in [-0.2, -0.15) is 0 Å². The van der Waals surface area contributed by atoms with Crippen LogP contribution in [0.2, 0.25) is 0 Å². The van der Waals surface area contributed by atoms with Crippen LogP contribution >= 0.6 is 0 Å². The summed E-state index contributed by atoms with van der Waals surface area (Å²) in [5.74, 6) is 0. The number of nitrogens with zero attached hydrogens (tertiary/aromatic N) is 6. The van der Waals surface area contributed by atoms with Gasteiger partial charge in [0, 0.05) is 119 Å². The Hall–Kier alpha value is -18.9. The van der Waals surface area contributed by atoms with Gasteiger partial charge in [0.1, 0.15) is 0 Å². The molecule has 145 heavy (non-hydrogen) atoms. The van der Waals surface area contributed by atoms with Gasteiger partial charge in [0.05, 0.1) is 50.2 Å². The van der Waals surface area contributed by atoms with Crippen molar-refractivity contribution in [3.8, 4) is 72.7 Å². The van der Waals surface area contributed by atoms with Gasteiger partial charge in [0.25, 0.3) is 0 Å². The van der Waals surface area contributed by atoms with E-state index in [1.165, 1.54) is 266 Å². The molecule has 0 saturated carbocycles. The molecule has 680 valence electrons. The van der Waals surface area contributed by atoms with Crippen molar-refractivity contribution in [3.05, 3.63) is 567 Å². The Labute approximate surface area is 841 Å². The fourth-order valence-corrected chi connectivity index (χ4v) is 23.6. The summed E-state index contributed by atoms with van der Waals surface area (Å²) in [6, 6.07) is 195. The third-order valence-electron chi connectivity index (χ3n) is 30.3. The molecule has 0 fully saturated rings. The van der Waals surface area contributed by atoms with Crippen molar-refractivity contribution < 1.29 is 0 Å². The summed E-state index contributed by atoms with van der Waals surface area (Å²) in [7, 11) is 0. The fraction of sp³-hybridized carbons (Fsp3) is 0.0216. The molecule has 3 aliphatic rings. The number of rotatable bonds is 11. The van der Waals surface area contributed by atoms with E-state index < -0.39 is 0 Å². The van der Waals surface area contributed by atoms with Crippen molar-refractivity contribution in [2.24, 2.45) is 0 Å². The molecule has 0 bridgehead atoms. The summed E-state index contributed by atoms with van der Waals surface area (Å²) in [5.41, 5.74) is 42.3. The number of benzene rings is 24. The van der Waals surface area contributed by atoms with Crippen LogP contribution in [-0.4, -0.2) is 13.7 Å². The summed E-state index contributed by atoms with van der Waals surface area (Å²) in [6.07, 6.45) is 2.65. The summed E-state index contributed by atoms with van der Waals surface area (Å²) in [4.78, 5) is 7.41. The third kappa shape index (κ3) is 14.5. The second-order valence-electron chi connectivity index (χ2n) is 38.5. The molecule has 0 amide bonds. The van der Waals surface area contributed by atoms with Crippen LogP contribution in [0.4, 0.5) is 51.2 Å². The van der Waals surface area contributed by atoms with E-state index in [4.69, 9.17) is 0 Å². The topological polar surface area (TPSA) is 24.5 Å². The third-order valence-corrected chi connectivity index (χ3v) is 30.3. The Morgan fingerprint density at radius 1 is 0.124 bits per heavy atom. The molecule has 27 aromatic rings. The highest BCUT2D eigenvalue weighted by Gasteiger charge is 2.32. The lowest BCUT2D eigenvalue weighted by Gasteiger charge is -2.35. The Bertz CT molecular complexity index is 9640. The molecule has 0 radical (unpaired) electrons. The molecule has 6 heteroatoms. The minimum Gasteiger partial charge on any atom is -0.309 e. The molecule has 0 atom stereocenters. The molecule has 0 aliphatic carbocycles. The van der Waals surface area contributed by atoms with E-state index in [0.29, 0.717) is 0 Å². The van der Waals surface area contributed by atoms with Crippen molar-refractivity contribution in [3.63, 3.8) is 0 Å². The predicted octanol–water partition coefficient (Wildman–Crippen LogP) is 37.4. The van der Waals surface area contributed by atoms with E-state index in [0.717, 1.165) is 19.3 Å². The normalized spacial score (nSPS) is 12.4. The zero-order valence-corrected chi connectivity index (χ0v) is 79.6. The lowest BCUT2D eigenvalue weighted by Crippen LogP contribution is -2.19. The van der Waals surface area contributed by atoms with Crippen molar-refractivity contribution in [1.29, 1.82) is 0 Å². The van der Waals surface area contributed by atoms with Crippen LogP contribution in [0.3, 0.4) is 0 Å². The molecule has 6 nitrogen and oxygen atoms in total. The van der Waals surface area contributed by atoms with Gasteiger partial charge in [-0.3, -0.25) is 0 Å². The van der Waals surface area contributed by atoms with Gasteiger partial charge >= 0.3 is 0 Å². The fourth-order valence-electron chi connectivity index (χ4n) is 23.6. The molecule has 0 unspecified atom stereocenters. The standard InChI is InChI=1S/C51H34N2.C47H32N2.C41H28N2/c1-3-15-42-35(11-1)13-9-19-43(42)38-26-30-48-40(32-38)33-39-31-37(25-29-47(39)53(48)49-22-10-14-36-12-2-4-16-44(36)49)34-23-27-41(28-24-34)52-50-20-7-5-17-45(50)46-18-6-8-21-51(46)52;1-2-11-32(12-3-1)35-23-27-43-37(29-35)31-38-30-36(24-28-44(38)49(43)45-20-10-14-34-13-4-5-15-40(34)45)33-21-25-39(26-22-33)48-46-18-8-6-16-41(46)42-17-7-9-19-47(42)48;1-3-13-34-29(10-1)12-9-19-39(34)43-37-16-6-2-11-31(37)27-32-26-30(22-25-38(32)43)28-20-23-33(24-21-28)42-40-17-7-4-14-35(40)36-15-5-8-18-41(36)42/h1-32H,33H2;1-30H,31H2;1-26H,27H2. The second-order valence-corrected chi connectivity index (χ2v) is 38.5. The maximum absolute atomic E-state index is 2.48. The summed E-state index contributed by atoms with van der Waals surface area (Å²) in [5, 5.41) is 17.7. The Morgan fingerprint density at radius 2 is 0.338 bits per heavy atom. The van der Waals surface area contributed by atoms with Crippen molar-refractivity contribution in [2.75, 3.05) is 14.7 Å². The average molecular weight is 1850 g/mol. The second kappa shape index (κ2) is 35.2. The van der Waals surface area contributed by atoms with Crippen LogP contribution in [0.5, 0.6) is 0 Å². The molecule has 24 aromatic carbocycles. The number of aromatic nitrogens is 3. The highest BCUT2D eigenvalue weighted by Crippen LogP contribution is 2.53. The van der Waals surface area contributed by atoms with Crippen LogP contribution in [0.25, 0.3) is 181 Å². The van der Waals surface area contributed by atoms with E-state index >= 15 is 0 Å². The first-order valence-corrected chi connectivity index (χ1v) is 50.3. The number of para-hydroxylation sites is 7. The van der Waals surface area contributed by atoms with E-state index in [9.17, 15) is 0 Å². The average Bonchev–Trinajstić information content (AvgIpc) is 1.65. The van der Waals surface area contributed by atoms with Crippen LogP contribution in [0.15, 0.2) is 534 Å². The molecule has 0 N–H and O–H groups in total. The lowest BCUT2D eigenvalue weighted by molar-refractivity contribution is 1.09. The van der Waals surface area contributed by atoms with Gasteiger partial charge in [-0.15, -0.1) is 0 Å². The maximum atomic E-state index is 2.48. The van der Waals surface area contributed by atoms with Crippen molar-refractivity contribution in [2.45, 2.75) is 19.3 Å². The summed E-state index contributed by atoms with van der Waals surface area (Å²) < 4.78 is 7.14. The zero-order chi connectivity index (χ0) is 95.5. The molecule has 6 heterocycles. The smallest absolute Gasteiger partial charge is 0.0541 e. The Kier molecular flexibility index (Phi) is 20.4. The largest absolute Gasteiger partial charge is 0.309 e. The number of hydrogen-bond acceptors (Lipinski definition) is 3. The van der Waals surface area contributed by atoms with E-state index in [-0.39, 0.29) is 0 Å². The molecular formula is C139H94N6. The molecule has 30 rings (SSSR count). The molecule has 3 aromatic heterocycles. The van der Waals surface area contributed by atoms with Crippen LogP contribution in [-0.2, 0) is 19.3 Å². The van der Waals surface area contributed by atoms with Gasteiger partial charge in [0.15, 0.2) is 0 Å². The molecule has 0 spiro atoms. The van der Waals surface area contributed by atoms with Crippen molar-refractivity contribution >= 4 is 160 Å². The summed E-state index contributed by atoms with van der Waals surface area (Å²) >= 11 is 0. The monoisotopic (exact) mass is 1850 g/mol. The number of fused-ring (bicyclic) bond motifs is 19. The van der Waals surface area contributed by atoms with Gasteiger partial charge in [-0.05, 0) is 274 Å². The maximum Gasteiger partial charge on any atom is 0.0541 e. The predicted molar refractivity (Wildman–Crippen MR) is 612 cm³/mol. The quantitative estimate of drug-likeness (QED) is 0.129. The first-order chi connectivity index (χ1) is 71.9. The first-order valence-electron chi connectivity index (χ1n) is 50.3. The highest BCUT2D eigenvalue weighted by molar-refractivity contribution is 6.13. The number of anilines is 9. The Morgan fingerprint density at radius 3 is 0.669 bits per heavy atom. The molecule has 0 saturated heterocycles. The van der Waals surface area contributed by atoms with E-state index in [1.807, 2.05) is 0 Å². The van der Waals surface area contributed by atoms with Gasteiger partial charge in [0.2, 0.25) is 0 Å². The summed E-state index contributed by atoms with van der Waals surface area (Å²) in [6.45, 7) is 0. The van der Waals surface area contributed by atoms with E-state index in [2.05, 4.69) is 562 Å². The minimum atomic E-state index is 0.859. The minimum absolute atomic E-state index is 0.859. The SMILES string of the molecule is c1ccc(-c2ccc3c(c2)Cc2cc(-c4ccc(-n5c6ccccc6c6ccccc65)cc4)ccc2N3c2cccc3ccccc23)cc1.c1ccc2c(-c3ccc4c(c3)Cc3cc(-c5ccc(-n6c7ccccc7c7ccccc76)cc5)ccc3N4c3cccc4ccccc34)cccc2c1.c1ccc2c(c1)Cc1cc(-c3ccc(-n4c5ccccc5c5ccccc54)cc3)ccc1N2c1cccc2ccccc12. The van der Waals surface area contributed by atoms with Crippen LogP contribution < -0.4 is 14.7 Å². The van der Waals surface area contributed by atoms with Crippen molar-refractivity contribution in [1.82, 2.24) is 13.7 Å². The lowest BCUT2D eigenvalue weighted by atomic mass is 9.89. The van der Waals surface area contributed by atoms with E-state index in [1.54, 1.807) is 0 Å². The highest BCUT2D eigenvalue weighted by atomic mass is 15.2. The van der Waals surface area contributed by atoms with Crippen LogP contribution in [0, 0.1) is 0 Å². The first kappa shape index (κ1) is 84.2.